The van der Waals surface area contributed by atoms with Gasteiger partial charge in [-0.15, -0.1) is 0 Å². The Bertz CT molecular complexity index is 764. The van der Waals surface area contributed by atoms with Crippen LogP contribution in [0.5, 0.6) is 0 Å². The van der Waals surface area contributed by atoms with E-state index < -0.39 is 5.97 Å². The van der Waals surface area contributed by atoms with Gasteiger partial charge in [0.05, 0.1) is 18.2 Å². The van der Waals surface area contributed by atoms with Gasteiger partial charge >= 0.3 is 5.97 Å². The van der Waals surface area contributed by atoms with Crippen molar-refractivity contribution in [2.75, 3.05) is 30.4 Å². The van der Waals surface area contributed by atoms with Crippen LogP contribution < -0.4 is 10.2 Å². The van der Waals surface area contributed by atoms with Crippen LogP contribution in [0, 0.1) is 5.92 Å². The lowest BCUT2D eigenvalue weighted by atomic mass is 9.99. The summed E-state index contributed by atoms with van der Waals surface area (Å²) >= 11 is 0. The number of anilines is 2. The molecular weight excluding hydrogens is 330 g/mol. The average Bonchev–Trinajstić information content (AvgIpc) is 2.68. The molecular formula is C20H23N3O3. The number of pyridine rings is 1. The number of amides is 1. The molecule has 26 heavy (non-hydrogen) atoms. The first-order chi connectivity index (χ1) is 12.6. The highest BCUT2D eigenvalue weighted by molar-refractivity contribution is 6.04. The van der Waals surface area contributed by atoms with Gasteiger partial charge < -0.3 is 15.0 Å². The summed E-state index contributed by atoms with van der Waals surface area (Å²) in [6, 6.07) is 10.2. The Morgan fingerprint density at radius 2 is 1.73 bits per heavy atom. The van der Waals surface area contributed by atoms with Crippen molar-refractivity contribution in [3.8, 4) is 0 Å². The Morgan fingerprint density at radius 1 is 1.08 bits per heavy atom. The number of carbonyl (C=O) groups excluding carboxylic acids is 2. The van der Waals surface area contributed by atoms with E-state index in [9.17, 15) is 9.59 Å². The van der Waals surface area contributed by atoms with E-state index in [1.54, 1.807) is 36.5 Å². The Balaban J connectivity index is 1.62. The lowest BCUT2D eigenvalue weighted by Gasteiger charge is -2.31. The Hall–Kier alpha value is -2.89. The Morgan fingerprint density at radius 3 is 2.31 bits per heavy atom. The number of hydrogen-bond acceptors (Lipinski definition) is 5. The molecule has 0 unspecified atom stereocenters. The maximum absolute atomic E-state index is 12.4. The van der Waals surface area contributed by atoms with E-state index in [2.05, 4.69) is 26.9 Å². The number of ether oxygens (including phenoxy) is 1. The van der Waals surface area contributed by atoms with Crippen molar-refractivity contribution in [3.63, 3.8) is 0 Å². The number of esters is 1. The lowest BCUT2D eigenvalue weighted by Crippen LogP contribution is -2.33. The van der Waals surface area contributed by atoms with Gasteiger partial charge in [-0.25, -0.2) is 9.78 Å². The molecule has 3 rings (SSSR count). The van der Waals surface area contributed by atoms with E-state index in [4.69, 9.17) is 0 Å². The van der Waals surface area contributed by atoms with Gasteiger partial charge in [-0.1, -0.05) is 6.92 Å². The van der Waals surface area contributed by atoms with Crippen LogP contribution in [-0.2, 0) is 4.74 Å². The first-order valence-corrected chi connectivity index (χ1v) is 8.77. The zero-order chi connectivity index (χ0) is 18.5. The van der Waals surface area contributed by atoms with Crippen molar-refractivity contribution in [2.24, 2.45) is 5.92 Å². The van der Waals surface area contributed by atoms with Crippen molar-refractivity contribution in [1.82, 2.24) is 4.98 Å². The summed E-state index contributed by atoms with van der Waals surface area (Å²) in [7, 11) is 1.33. The number of nitrogens with zero attached hydrogens (tertiary/aromatic N) is 2. The number of nitrogens with one attached hydrogen (secondary N) is 1. The predicted octanol–water partition coefficient (Wildman–Crippen LogP) is 3.36. The molecule has 136 valence electrons. The fourth-order valence-electron chi connectivity index (χ4n) is 2.96. The smallest absolute Gasteiger partial charge is 0.337 e. The number of rotatable bonds is 4. The van der Waals surface area contributed by atoms with Gasteiger partial charge in [-0.2, -0.15) is 0 Å². The van der Waals surface area contributed by atoms with Gasteiger partial charge in [0, 0.05) is 25.0 Å². The number of benzene rings is 1. The normalized spacial score (nSPS) is 14.8. The van der Waals surface area contributed by atoms with Crippen molar-refractivity contribution < 1.29 is 14.3 Å². The van der Waals surface area contributed by atoms with E-state index in [1.165, 1.54) is 20.0 Å². The summed E-state index contributed by atoms with van der Waals surface area (Å²) < 4.78 is 4.66. The molecule has 0 atom stereocenters. The van der Waals surface area contributed by atoms with Gasteiger partial charge in [0.15, 0.2) is 0 Å². The molecule has 0 spiro atoms. The molecule has 1 aliphatic rings. The third kappa shape index (κ3) is 4.20. The highest BCUT2D eigenvalue weighted by atomic mass is 16.5. The van der Waals surface area contributed by atoms with Gasteiger partial charge in [0.25, 0.3) is 5.91 Å². The SMILES string of the molecule is COC(=O)c1ccc(NC(=O)c2ccc(N3CCC(C)CC3)nc2)cc1. The zero-order valence-corrected chi connectivity index (χ0v) is 15.1. The summed E-state index contributed by atoms with van der Waals surface area (Å²) in [5, 5.41) is 2.80. The molecule has 2 aromatic rings. The molecule has 2 heterocycles. The standard InChI is InChI=1S/C20H23N3O3/c1-14-9-11-23(12-10-14)18-8-5-16(13-21-18)19(24)22-17-6-3-15(4-7-17)20(25)26-2/h3-8,13-14H,9-12H2,1-2H3,(H,22,24). The van der Waals surface area contributed by atoms with Crippen molar-refractivity contribution in [1.29, 1.82) is 0 Å². The van der Waals surface area contributed by atoms with Crippen LogP contribution in [0.15, 0.2) is 42.6 Å². The molecule has 1 saturated heterocycles. The molecule has 6 heteroatoms. The second-order valence-electron chi connectivity index (χ2n) is 6.60. The lowest BCUT2D eigenvalue weighted by molar-refractivity contribution is 0.0600. The highest BCUT2D eigenvalue weighted by Crippen LogP contribution is 2.21. The molecule has 1 fully saturated rings. The predicted molar refractivity (Wildman–Crippen MR) is 101 cm³/mol. The fourth-order valence-corrected chi connectivity index (χ4v) is 2.96. The maximum Gasteiger partial charge on any atom is 0.337 e. The number of piperidine rings is 1. The zero-order valence-electron chi connectivity index (χ0n) is 15.1. The molecule has 0 aliphatic carbocycles. The topological polar surface area (TPSA) is 71.5 Å². The first kappa shape index (κ1) is 17.9. The van der Waals surface area contributed by atoms with Crippen molar-refractivity contribution in [2.45, 2.75) is 19.8 Å². The highest BCUT2D eigenvalue weighted by Gasteiger charge is 2.17. The van der Waals surface area contributed by atoms with E-state index in [0.29, 0.717) is 16.8 Å². The van der Waals surface area contributed by atoms with Gasteiger partial charge in [0.1, 0.15) is 5.82 Å². The van der Waals surface area contributed by atoms with E-state index >= 15 is 0 Å². The summed E-state index contributed by atoms with van der Waals surface area (Å²) in [5.74, 6) is 1.04. The molecule has 1 aromatic heterocycles. The third-order valence-electron chi connectivity index (χ3n) is 4.68. The maximum atomic E-state index is 12.4. The molecule has 1 aromatic carbocycles. The van der Waals surface area contributed by atoms with Crippen LogP contribution >= 0.6 is 0 Å². The molecule has 1 aliphatic heterocycles. The summed E-state index contributed by atoms with van der Waals surface area (Å²) in [5.41, 5.74) is 1.54. The summed E-state index contributed by atoms with van der Waals surface area (Å²) in [6.07, 6.45) is 3.95. The van der Waals surface area contributed by atoms with Gasteiger partial charge in [-0.3, -0.25) is 4.79 Å². The molecule has 1 N–H and O–H groups in total. The Labute approximate surface area is 153 Å². The molecule has 0 bridgehead atoms. The van der Waals surface area contributed by atoms with Crippen LogP contribution in [0.4, 0.5) is 11.5 Å². The monoisotopic (exact) mass is 353 g/mol. The summed E-state index contributed by atoms with van der Waals surface area (Å²) in [6.45, 7) is 4.29. The molecule has 0 radical (unpaired) electrons. The van der Waals surface area contributed by atoms with Crippen LogP contribution in [0.2, 0.25) is 0 Å². The van der Waals surface area contributed by atoms with Crippen LogP contribution in [0.1, 0.15) is 40.5 Å². The minimum absolute atomic E-state index is 0.234. The van der Waals surface area contributed by atoms with E-state index in [-0.39, 0.29) is 5.91 Å². The number of aromatic nitrogens is 1. The molecule has 6 nitrogen and oxygen atoms in total. The fraction of sp³-hybridized carbons (Fsp3) is 0.350. The van der Waals surface area contributed by atoms with E-state index in [1.807, 2.05) is 6.07 Å². The minimum Gasteiger partial charge on any atom is -0.465 e. The molecule has 0 saturated carbocycles. The Kier molecular flexibility index (Phi) is 5.51. The van der Waals surface area contributed by atoms with Crippen LogP contribution in [0.3, 0.4) is 0 Å². The number of methoxy groups -OCH3 is 1. The van der Waals surface area contributed by atoms with Gasteiger partial charge in [-0.05, 0) is 55.2 Å². The van der Waals surface area contributed by atoms with Crippen molar-refractivity contribution >= 4 is 23.4 Å². The largest absolute Gasteiger partial charge is 0.465 e. The van der Waals surface area contributed by atoms with Crippen LogP contribution in [-0.4, -0.2) is 37.1 Å². The molecule has 1 amide bonds. The quantitative estimate of drug-likeness (QED) is 0.854. The van der Waals surface area contributed by atoms with E-state index in [0.717, 1.165) is 24.8 Å². The second-order valence-corrected chi connectivity index (χ2v) is 6.60. The number of hydrogen-bond donors (Lipinski definition) is 1. The van der Waals surface area contributed by atoms with Crippen LogP contribution in [0.25, 0.3) is 0 Å². The average molecular weight is 353 g/mol. The van der Waals surface area contributed by atoms with Crippen molar-refractivity contribution in [3.05, 3.63) is 53.7 Å². The minimum atomic E-state index is -0.408. The number of carbonyl (C=O) groups is 2. The second kappa shape index (κ2) is 7.99. The first-order valence-electron chi connectivity index (χ1n) is 8.77. The summed E-state index contributed by atoms with van der Waals surface area (Å²) in [4.78, 5) is 30.5. The van der Waals surface area contributed by atoms with Gasteiger partial charge in [0.2, 0.25) is 0 Å². The third-order valence-corrected chi connectivity index (χ3v) is 4.68.